The van der Waals surface area contributed by atoms with Gasteiger partial charge in [0, 0.05) is 44.9 Å². The first-order chi connectivity index (χ1) is 10.2. The van der Waals surface area contributed by atoms with Gasteiger partial charge in [-0.3, -0.25) is 4.68 Å². The van der Waals surface area contributed by atoms with Crippen LogP contribution in [0.4, 0.5) is 5.82 Å². The Labute approximate surface area is 124 Å². The van der Waals surface area contributed by atoms with E-state index in [4.69, 9.17) is 4.74 Å². The number of nitrogens with one attached hydrogen (secondary N) is 1. The van der Waals surface area contributed by atoms with Crippen molar-refractivity contribution in [2.24, 2.45) is 7.05 Å². The quantitative estimate of drug-likeness (QED) is 0.932. The molecular formula is C15H21N5O. The Morgan fingerprint density at radius 2 is 2.29 bits per heavy atom. The van der Waals surface area contributed by atoms with Gasteiger partial charge in [0.2, 0.25) is 0 Å². The number of ether oxygens (including phenoxy) is 1. The highest BCUT2D eigenvalue weighted by molar-refractivity contribution is 5.60. The smallest absolute Gasteiger partial charge is 0.134 e. The molecule has 0 aliphatic carbocycles. The van der Waals surface area contributed by atoms with Gasteiger partial charge in [-0.25, -0.2) is 9.97 Å². The molecule has 0 bridgehead atoms. The molecule has 0 radical (unpaired) electrons. The second-order valence-corrected chi connectivity index (χ2v) is 5.40. The van der Waals surface area contributed by atoms with Crippen LogP contribution in [-0.2, 0) is 18.2 Å². The summed E-state index contributed by atoms with van der Waals surface area (Å²) in [5, 5.41) is 7.31. The molecule has 112 valence electrons. The first kappa shape index (κ1) is 14.0. The van der Waals surface area contributed by atoms with Crippen molar-refractivity contribution in [1.29, 1.82) is 0 Å². The summed E-state index contributed by atoms with van der Waals surface area (Å²) in [6, 6.07) is 1.95. The molecule has 1 N–H and O–H groups in total. The molecule has 2 aromatic heterocycles. The Hall–Kier alpha value is -1.95. The van der Waals surface area contributed by atoms with Gasteiger partial charge >= 0.3 is 0 Å². The first-order valence-electron chi connectivity index (χ1n) is 7.41. The van der Waals surface area contributed by atoms with Gasteiger partial charge in [-0.05, 0) is 19.3 Å². The standard InChI is InChI=1S/C15H21N5O/c1-16-14-8-13(11-9-17-20(2)10-11)18-15(19-14)7-12-5-3-4-6-21-12/h8-10,12H,3-7H2,1-2H3,(H,16,18,19). The zero-order chi connectivity index (χ0) is 14.7. The molecule has 0 saturated carbocycles. The van der Waals surface area contributed by atoms with E-state index in [-0.39, 0.29) is 6.10 Å². The zero-order valence-corrected chi connectivity index (χ0v) is 12.5. The molecule has 3 rings (SSSR count). The summed E-state index contributed by atoms with van der Waals surface area (Å²) in [5.41, 5.74) is 1.90. The average Bonchev–Trinajstić information content (AvgIpc) is 2.94. The number of aryl methyl sites for hydroxylation is 1. The topological polar surface area (TPSA) is 64.9 Å². The summed E-state index contributed by atoms with van der Waals surface area (Å²) >= 11 is 0. The van der Waals surface area contributed by atoms with Crippen LogP contribution in [-0.4, -0.2) is 39.5 Å². The van der Waals surface area contributed by atoms with Gasteiger partial charge in [0.15, 0.2) is 0 Å². The molecule has 1 fully saturated rings. The number of hydrogen-bond donors (Lipinski definition) is 1. The summed E-state index contributed by atoms with van der Waals surface area (Å²) in [5.74, 6) is 1.65. The van der Waals surface area contributed by atoms with E-state index >= 15 is 0 Å². The van der Waals surface area contributed by atoms with E-state index in [9.17, 15) is 0 Å². The molecule has 3 heterocycles. The van der Waals surface area contributed by atoms with Gasteiger partial charge < -0.3 is 10.1 Å². The maximum atomic E-state index is 5.79. The minimum Gasteiger partial charge on any atom is -0.378 e. The van der Waals surface area contributed by atoms with Crippen LogP contribution in [0.5, 0.6) is 0 Å². The maximum absolute atomic E-state index is 5.79. The molecule has 0 aromatic carbocycles. The van der Waals surface area contributed by atoms with Crippen molar-refractivity contribution in [3.8, 4) is 11.3 Å². The molecule has 1 saturated heterocycles. The second-order valence-electron chi connectivity index (χ2n) is 5.40. The third-order valence-electron chi connectivity index (χ3n) is 3.71. The highest BCUT2D eigenvalue weighted by Crippen LogP contribution is 2.21. The van der Waals surface area contributed by atoms with E-state index in [1.165, 1.54) is 6.42 Å². The molecular weight excluding hydrogens is 266 g/mol. The third-order valence-corrected chi connectivity index (χ3v) is 3.71. The summed E-state index contributed by atoms with van der Waals surface area (Å²) < 4.78 is 7.57. The van der Waals surface area contributed by atoms with Crippen LogP contribution in [0.1, 0.15) is 25.1 Å². The lowest BCUT2D eigenvalue weighted by molar-refractivity contribution is 0.0157. The molecule has 21 heavy (non-hydrogen) atoms. The van der Waals surface area contributed by atoms with Crippen LogP contribution in [0.15, 0.2) is 18.5 Å². The summed E-state index contributed by atoms with van der Waals surface area (Å²) in [6.07, 6.45) is 8.28. The van der Waals surface area contributed by atoms with Crippen LogP contribution >= 0.6 is 0 Å². The monoisotopic (exact) mass is 287 g/mol. The van der Waals surface area contributed by atoms with Crippen molar-refractivity contribution in [2.45, 2.75) is 31.8 Å². The average molecular weight is 287 g/mol. The van der Waals surface area contributed by atoms with Gasteiger partial charge in [-0.2, -0.15) is 5.10 Å². The van der Waals surface area contributed by atoms with Gasteiger partial charge in [-0.1, -0.05) is 0 Å². The van der Waals surface area contributed by atoms with Crippen LogP contribution < -0.4 is 5.32 Å². The SMILES string of the molecule is CNc1cc(-c2cnn(C)c2)nc(CC2CCCCO2)n1. The fraction of sp³-hybridized carbons (Fsp3) is 0.533. The number of anilines is 1. The molecule has 6 heteroatoms. The van der Waals surface area contributed by atoms with Crippen LogP contribution in [0, 0.1) is 0 Å². The van der Waals surface area contributed by atoms with E-state index in [2.05, 4.69) is 20.4 Å². The van der Waals surface area contributed by atoms with Crippen molar-refractivity contribution >= 4 is 5.82 Å². The summed E-state index contributed by atoms with van der Waals surface area (Å²) in [4.78, 5) is 9.22. The Morgan fingerprint density at radius 1 is 1.38 bits per heavy atom. The molecule has 0 spiro atoms. The van der Waals surface area contributed by atoms with Crippen molar-refractivity contribution in [3.05, 3.63) is 24.3 Å². The Bertz CT molecular complexity index is 604. The number of nitrogens with zero attached hydrogens (tertiary/aromatic N) is 4. The normalized spacial score (nSPS) is 18.7. The lowest BCUT2D eigenvalue weighted by atomic mass is 10.1. The molecule has 1 atom stereocenters. The third kappa shape index (κ3) is 3.39. The molecule has 2 aromatic rings. The van der Waals surface area contributed by atoms with E-state index in [1.807, 2.05) is 32.6 Å². The Balaban J connectivity index is 1.85. The fourth-order valence-corrected chi connectivity index (χ4v) is 2.59. The molecule has 1 unspecified atom stereocenters. The Kier molecular flexibility index (Phi) is 4.15. The van der Waals surface area contributed by atoms with Crippen molar-refractivity contribution < 1.29 is 4.74 Å². The van der Waals surface area contributed by atoms with Gasteiger partial charge in [0.05, 0.1) is 18.0 Å². The minimum absolute atomic E-state index is 0.243. The minimum atomic E-state index is 0.243. The summed E-state index contributed by atoms with van der Waals surface area (Å²) in [6.45, 7) is 0.853. The fourth-order valence-electron chi connectivity index (χ4n) is 2.59. The highest BCUT2D eigenvalue weighted by atomic mass is 16.5. The van der Waals surface area contributed by atoms with Gasteiger partial charge in [0.1, 0.15) is 11.6 Å². The second kappa shape index (κ2) is 6.22. The zero-order valence-electron chi connectivity index (χ0n) is 12.5. The molecule has 0 amide bonds. The van der Waals surface area contributed by atoms with Crippen LogP contribution in [0.25, 0.3) is 11.3 Å². The van der Waals surface area contributed by atoms with E-state index < -0.39 is 0 Å². The lowest BCUT2D eigenvalue weighted by Crippen LogP contribution is -2.22. The number of aromatic nitrogens is 4. The van der Waals surface area contributed by atoms with Crippen LogP contribution in [0.2, 0.25) is 0 Å². The molecule has 1 aliphatic heterocycles. The van der Waals surface area contributed by atoms with Crippen molar-refractivity contribution in [3.63, 3.8) is 0 Å². The predicted octanol–water partition coefficient (Wildman–Crippen LogP) is 2.03. The van der Waals surface area contributed by atoms with Gasteiger partial charge in [-0.15, -0.1) is 0 Å². The number of rotatable bonds is 4. The lowest BCUT2D eigenvalue weighted by Gasteiger charge is -2.22. The number of hydrogen-bond acceptors (Lipinski definition) is 5. The maximum Gasteiger partial charge on any atom is 0.134 e. The van der Waals surface area contributed by atoms with Crippen molar-refractivity contribution in [2.75, 3.05) is 19.0 Å². The molecule has 1 aliphatic rings. The van der Waals surface area contributed by atoms with Gasteiger partial charge in [0.25, 0.3) is 0 Å². The summed E-state index contributed by atoms with van der Waals surface area (Å²) in [7, 11) is 3.77. The first-order valence-corrected chi connectivity index (χ1v) is 7.41. The van der Waals surface area contributed by atoms with E-state index in [0.29, 0.717) is 0 Å². The van der Waals surface area contributed by atoms with E-state index in [1.54, 1.807) is 4.68 Å². The predicted molar refractivity (Wildman–Crippen MR) is 81.1 cm³/mol. The Morgan fingerprint density at radius 3 is 2.95 bits per heavy atom. The van der Waals surface area contributed by atoms with Crippen molar-refractivity contribution in [1.82, 2.24) is 19.7 Å². The molecule has 6 nitrogen and oxygen atoms in total. The van der Waals surface area contributed by atoms with Crippen LogP contribution in [0.3, 0.4) is 0 Å². The van der Waals surface area contributed by atoms with E-state index in [0.717, 1.165) is 48.8 Å². The highest BCUT2D eigenvalue weighted by Gasteiger charge is 2.17. The largest absolute Gasteiger partial charge is 0.378 e.